The van der Waals surface area contributed by atoms with Crippen molar-refractivity contribution >= 4 is 0 Å². The third-order valence-electron chi connectivity index (χ3n) is 1.06. The minimum Gasteiger partial charge on any atom is -0.326 e. The summed E-state index contributed by atoms with van der Waals surface area (Å²) in [5.41, 5.74) is 8.20. The smallest absolute Gasteiger partial charge is 0.0182 e. The number of nitrogens with two attached hydrogens (primary N) is 1. The molecule has 0 aromatic carbocycles. The van der Waals surface area contributed by atoms with Gasteiger partial charge in [-0.25, -0.2) is 0 Å². The summed E-state index contributed by atoms with van der Waals surface area (Å²) in [6.45, 7) is 2.78. The zero-order chi connectivity index (χ0) is 6.95. The van der Waals surface area contributed by atoms with Gasteiger partial charge in [-0.3, -0.25) is 0 Å². The summed E-state index contributed by atoms with van der Waals surface area (Å²) in [6.07, 6.45) is 7.52. The maximum Gasteiger partial charge on any atom is 0.0182 e. The van der Waals surface area contributed by atoms with Crippen molar-refractivity contribution in [1.29, 1.82) is 0 Å². The Labute approximate surface area is 57.3 Å². The van der Waals surface area contributed by atoms with Crippen LogP contribution in [0.4, 0.5) is 0 Å². The van der Waals surface area contributed by atoms with Crippen molar-refractivity contribution in [2.75, 3.05) is 6.54 Å². The van der Waals surface area contributed by atoms with Crippen LogP contribution in [-0.2, 0) is 0 Å². The molecule has 1 heteroatoms. The van der Waals surface area contributed by atoms with Crippen molar-refractivity contribution in [1.82, 2.24) is 0 Å². The van der Waals surface area contributed by atoms with Crippen LogP contribution in [-0.4, -0.2) is 6.54 Å². The molecular weight excluding hydrogens is 110 g/mol. The second-order valence-corrected chi connectivity index (χ2v) is 1.95. The van der Waals surface area contributed by atoms with Crippen LogP contribution in [0.2, 0.25) is 0 Å². The molecule has 0 heterocycles. The molecule has 0 rings (SSSR count). The molecule has 0 amide bonds. The van der Waals surface area contributed by atoms with Gasteiger partial charge in [0.1, 0.15) is 0 Å². The molecule has 1 nitrogen and oxygen atoms in total. The van der Waals surface area contributed by atoms with E-state index in [2.05, 4.69) is 12.7 Å². The summed E-state index contributed by atoms with van der Waals surface area (Å²) in [5, 5.41) is 0. The zero-order valence-electron chi connectivity index (χ0n) is 6.06. The van der Waals surface area contributed by atoms with E-state index in [4.69, 9.17) is 5.73 Å². The average molecular weight is 125 g/mol. The quantitative estimate of drug-likeness (QED) is 0.450. The monoisotopic (exact) mass is 125 g/mol. The molecule has 2 N–H and O–H groups in total. The van der Waals surface area contributed by atoms with Crippen LogP contribution in [0.25, 0.3) is 0 Å². The van der Waals surface area contributed by atoms with Gasteiger partial charge in [0.05, 0.1) is 0 Å². The molecule has 0 aliphatic heterocycles. The molecule has 9 heavy (non-hydrogen) atoms. The topological polar surface area (TPSA) is 26.0 Å². The normalized spacial score (nSPS) is 8.22. The van der Waals surface area contributed by atoms with Gasteiger partial charge < -0.3 is 5.73 Å². The highest BCUT2D eigenvalue weighted by atomic mass is 14.5. The van der Waals surface area contributed by atoms with E-state index in [1.807, 2.05) is 12.2 Å². The molecule has 0 saturated heterocycles. The molecule has 0 bridgehead atoms. The first-order valence-corrected chi connectivity index (χ1v) is 3.51. The van der Waals surface area contributed by atoms with Gasteiger partial charge in [0.15, 0.2) is 0 Å². The molecule has 0 spiro atoms. The van der Waals surface area contributed by atoms with Crippen molar-refractivity contribution in [3.05, 3.63) is 17.9 Å². The fraction of sp³-hybridized carbons (Fsp3) is 0.625. The first-order chi connectivity index (χ1) is 4.41. The fourth-order valence-electron chi connectivity index (χ4n) is 0.541. The van der Waals surface area contributed by atoms with Crippen molar-refractivity contribution in [2.45, 2.75) is 26.2 Å². The van der Waals surface area contributed by atoms with Crippen molar-refractivity contribution in [2.24, 2.45) is 5.73 Å². The van der Waals surface area contributed by atoms with E-state index in [0.717, 1.165) is 6.42 Å². The van der Waals surface area contributed by atoms with Crippen LogP contribution in [0, 0.1) is 0 Å². The lowest BCUT2D eigenvalue weighted by molar-refractivity contribution is 0.815. The molecule has 0 atom stereocenters. The molecular formula is C8H15N. The summed E-state index contributed by atoms with van der Waals surface area (Å²) >= 11 is 0. The van der Waals surface area contributed by atoms with E-state index in [9.17, 15) is 0 Å². The Bertz CT molecular complexity index is 99.1. The molecule has 0 aliphatic rings. The number of hydrogen-bond donors (Lipinski definition) is 1. The van der Waals surface area contributed by atoms with Crippen LogP contribution in [0.1, 0.15) is 26.2 Å². The van der Waals surface area contributed by atoms with Gasteiger partial charge in [-0.15, -0.1) is 5.73 Å². The van der Waals surface area contributed by atoms with Gasteiger partial charge in [0.25, 0.3) is 0 Å². The third-order valence-corrected chi connectivity index (χ3v) is 1.06. The van der Waals surface area contributed by atoms with Gasteiger partial charge in [-0.05, 0) is 25.0 Å². The number of hydrogen-bond acceptors (Lipinski definition) is 1. The highest BCUT2D eigenvalue weighted by Gasteiger charge is 1.73. The van der Waals surface area contributed by atoms with Gasteiger partial charge >= 0.3 is 0 Å². The van der Waals surface area contributed by atoms with E-state index < -0.39 is 0 Å². The van der Waals surface area contributed by atoms with Gasteiger partial charge in [0.2, 0.25) is 0 Å². The predicted molar refractivity (Wildman–Crippen MR) is 41.2 cm³/mol. The van der Waals surface area contributed by atoms with Gasteiger partial charge in [0, 0.05) is 6.54 Å². The maximum atomic E-state index is 5.21. The maximum absolute atomic E-state index is 5.21. The zero-order valence-corrected chi connectivity index (χ0v) is 6.06. The van der Waals surface area contributed by atoms with Crippen LogP contribution >= 0.6 is 0 Å². The SMILES string of the molecule is CCCCC=C=CCN. The highest BCUT2D eigenvalue weighted by Crippen LogP contribution is 1.92. The fourth-order valence-corrected chi connectivity index (χ4v) is 0.541. The Kier molecular flexibility index (Phi) is 7.05. The number of unbranched alkanes of at least 4 members (excludes halogenated alkanes) is 2. The Hall–Kier alpha value is -0.520. The highest BCUT2D eigenvalue weighted by molar-refractivity contribution is 4.84. The number of rotatable bonds is 4. The lowest BCUT2D eigenvalue weighted by atomic mass is 10.2. The van der Waals surface area contributed by atoms with Crippen molar-refractivity contribution < 1.29 is 0 Å². The molecule has 0 aromatic rings. The molecule has 0 aromatic heterocycles. The lowest BCUT2D eigenvalue weighted by Crippen LogP contribution is -1.90. The third kappa shape index (κ3) is 7.48. The Morgan fingerprint density at radius 2 is 2.22 bits per heavy atom. The van der Waals surface area contributed by atoms with Gasteiger partial charge in [-0.2, -0.15) is 0 Å². The summed E-state index contributed by atoms with van der Waals surface area (Å²) in [5.74, 6) is 0. The van der Waals surface area contributed by atoms with Gasteiger partial charge in [-0.1, -0.05) is 13.3 Å². The van der Waals surface area contributed by atoms with E-state index >= 15 is 0 Å². The van der Waals surface area contributed by atoms with Crippen molar-refractivity contribution in [3.63, 3.8) is 0 Å². The molecule has 52 valence electrons. The molecule has 0 aliphatic carbocycles. The van der Waals surface area contributed by atoms with Crippen molar-refractivity contribution in [3.8, 4) is 0 Å². The second kappa shape index (κ2) is 7.48. The largest absolute Gasteiger partial charge is 0.326 e. The predicted octanol–water partition coefficient (Wildman–Crippen LogP) is 1.85. The molecule has 0 radical (unpaired) electrons. The van der Waals surface area contributed by atoms with E-state index in [1.165, 1.54) is 12.8 Å². The first-order valence-electron chi connectivity index (χ1n) is 3.51. The standard InChI is InChI=1S/C8H15N/c1-2-3-4-5-6-7-8-9/h5,7H,2-4,8-9H2,1H3. The second-order valence-electron chi connectivity index (χ2n) is 1.95. The molecule has 0 unspecified atom stereocenters. The van der Waals surface area contributed by atoms with Crippen LogP contribution in [0.15, 0.2) is 17.9 Å². The molecule has 0 saturated carbocycles. The van der Waals surface area contributed by atoms with E-state index in [1.54, 1.807) is 0 Å². The lowest BCUT2D eigenvalue weighted by Gasteiger charge is -1.82. The summed E-state index contributed by atoms with van der Waals surface area (Å²) in [7, 11) is 0. The average Bonchev–Trinajstić information content (AvgIpc) is 1.89. The summed E-state index contributed by atoms with van der Waals surface area (Å²) in [6, 6.07) is 0. The minimum atomic E-state index is 0.600. The van der Waals surface area contributed by atoms with Crippen LogP contribution in [0.5, 0.6) is 0 Å². The minimum absolute atomic E-state index is 0.600. The van der Waals surface area contributed by atoms with Crippen LogP contribution in [0.3, 0.4) is 0 Å². The van der Waals surface area contributed by atoms with E-state index in [0.29, 0.717) is 6.54 Å². The Morgan fingerprint density at radius 1 is 1.44 bits per heavy atom. The Balaban J connectivity index is 3.13. The summed E-state index contributed by atoms with van der Waals surface area (Å²) < 4.78 is 0. The van der Waals surface area contributed by atoms with Crippen LogP contribution < -0.4 is 5.73 Å². The molecule has 0 fully saturated rings. The Morgan fingerprint density at radius 3 is 2.78 bits per heavy atom. The van der Waals surface area contributed by atoms with E-state index in [-0.39, 0.29) is 0 Å². The first kappa shape index (κ1) is 8.48. The summed E-state index contributed by atoms with van der Waals surface area (Å²) in [4.78, 5) is 0.